The third-order valence-electron chi connectivity index (χ3n) is 2.56. The van der Waals surface area contributed by atoms with E-state index in [0.29, 0.717) is 5.56 Å². The number of aryl methyl sites for hydroxylation is 1. The van der Waals surface area contributed by atoms with Crippen LogP contribution in [-0.2, 0) is 0 Å². The van der Waals surface area contributed by atoms with Gasteiger partial charge in [0.15, 0.2) is 23.3 Å². The first-order valence-corrected chi connectivity index (χ1v) is 5.15. The molecule has 0 unspecified atom stereocenters. The van der Waals surface area contributed by atoms with Crippen molar-refractivity contribution >= 4 is 0 Å². The number of hydrogen-bond donors (Lipinski definition) is 1. The highest BCUT2D eigenvalue weighted by molar-refractivity contribution is 5.67. The molecular formula is C13H7F5O. The molecule has 0 aromatic heterocycles. The molecule has 1 nitrogen and oxygen atoms in total. The number of hydrogen-bond acceptors (Lipinski definition) is 1. The normalized spacial score (nSPS) is 10.8. The zero-order valence-electron chi connectivity index (χ0n) is 9.57. The van der Waals surface area contributed by atoms with Crippen LogP contribution in [0.15, 0.2) is 18.2 Å². The molecule has 0 aliphatic rings. The molecule has 0 saturated carbocycles. The molecule has 1 N–H and O–H groups in total. The summed E-state index contributed by atoms with van der Waals surface area (Å²) in [4.78, 5) is 0. The molecule has 2 aromatic rings. The van der Waals surface area contributed by atoms with Gasteiger partial charge in [0, 0.05) is 0 Å². The summed E-state index contributed by atoms with van der Waals surface area (Å²) >= 11 is 0. The van der Waals surface area contributed by atoms with Crippen molar-refractivity contribution in [3.05, 3.63) is 52.8 Å². The van der Waals surface area contributed by atoms with E-state index < -0.39 is 34.6 Å². The molecule has 0 heterocycles. The summed E-state index contributed by atoms with van der Waals surface area (Å²) in [5.74, 6) is -10.4. The molecule has 0 fully saturated rings. The summed E-state index contributed by atoms with van der Waals surface area (Å²) in [6, 6.07) is 3.42. The van der Waals surface area contributed by atoms with Crippen molar-refractivity contribution in [2.45, 2.75) is 6.92 Å². The van der Waals surface area contributed by atoms with Gasteiger partial charge in [-0.25, -0.2) is 22.0 Å². The van der Waals surface area contributed by atoms with E-state index in [1.165, 1.54) is 19.1 Å². The fourth-order valence-electron chi connectivity index (χ4n) is 1.77. The van der Waals surface area contributed by atoms with Crippen LogP contribution in [0.1, 0.15) is 5.56 Å². The SMILES string of the molecule is Cc1cc(O)cc(-c2c(F)c(F)c(F)c(F)c2F)c1. The van der Waals surface area contributed by atoms with Gasteiger partial charge in [-0.05, 0) is 30.2 Å². The van der Waals surface area contributed by atoms with E-state index in [1.807, 2.05) is 0 Å². The fourth-order valence-corrected chi connectivity index (χ4v) is 1.77. The first-order chi connectivity index (χ1) is 8.82. The first-order valence-electron chi connectivity index (χ1n) is 5.15. The van der Waals surface area contributed by atoms with Crippen LogP contribution in [0.25, 0.3) is 11.1 Å². The summed E-state index contributed by atoms with van der Waals surface area (Å²) < 4.78 is 66.1. The van der Waals surface area contributed by atoms with Crippen LogP contribution in [0, 0.1) is 36.0 Å². The van der Waals surface area contributed by atoms with Crippen molar-refractivity contribution in [3.8, 4) is 16.9 Å². The molecule has 0 saturated heterocycles. The number of halogens is 5. The molecule has 100 valence electrons. The molecule has 0 atom stereocenters. The zero-order valence-corrected chi connectivity index (χ0v) is 9.57. The lowest BCUT2D eigenvalue weighted by atomic mass is 10.0. The summed E-state index contributed by atoms with van der Waals surface area (Å²) in [5, 5.41) is 9.32. The monoisotopic (exact) mass is 274 g/mol. The van der Waals surface area contributed by atoms with E-state index in [-0.39, 0.29) is 11.3 Å². The van der Waals surface area contributed by atoms with Gasteiger partial charge in [0.2, 0.25) is 5.82 Å². The Hall–Kier alpha value is -2.11. The smallest absolute Gasteiger partial charge is 0.200 e. The van der Waals surface area contributed by atoms with Crippen molar-refractivity contribution in [1.29, 1.82) is 0 Å². The minimum Gasteiger partial charge on any atom is -0.508 e. The summed E-state index contributed by atoms with van der Waals surface area (Å²) in [5.41, 5.74) is -0.931. The third-order valence-corrected chi connectivity index (χ3v) is 2.56. The Balaban J connectivity index is 2.82. The van der Waals surface area contributed by atoms with Crippen molar-refractivity contribution in [1.82, 2.24) is 0 Å². The van der Waals surface area contributed by atoms with Crippen LogP contribution < -0.4 is 0 Å². The van der Waals surface area contributed by atoms with Crippen LogP contribution in [0.3, 0.4) is 0 Å². The van der Waals surface area contributed by atoms with Crippen molar-refractivity contribution < 1.29 is 27.1 Å². The molecule has 19 heavy (non-hydrogen) atoms. The van der Waals surface area contributed by atoms with Gasteiger partial charge in [-0.2, -0.15) is 0 Å². The number of rotatable bonds is 1. The van der Waals surface area contributed by atoms with E-state index in [4.69, 9.17) is 0 Å². The van der Waals surface area contributed by atoms with Crippen LogP contribution in [-0.4, -0.2) is 5.11 Å². The average molecular weight is 274 g/mol. The van der Waals surface area contributed by atoms with E-state index in [0.717, 1.165) is 6.07 Å². The van der Waals surface area contributed by atoms with Crippen LogP contribution >= 0.6 is 0 Å². The summed E-state index contributed by atoms with van der Waals surface area (Å²) in [6.07, 6.45) is 0. The first kappa shape index (κ1) is 13.3. The van der Waals surface area contributed by atoms with Crippen LogP contribution in [0.5, 0.6) is 5.75 Å². The zero-order chi connectivity index (χ0) is 14.3. The van der Waals surface area contributed by atoms with Crippen molar-refractivity contribution in [2.24, 2.45) is 0 Å². The Kier molecular flexibility index (Phi) is 3.18. The van der Waals surface area contributed by atoms with E-state index >= 15 is 0 Å². The maximum Gasteiger partial charge on any atom is 0.200 e. The van der Waals surface area contributed by atoms with Crippen LogP contribution in [0.2, 0.25) is 0 Å². The molecule has 2 aromatic carbocycles. The van der Waals surface area contributed by atoms with Gasteiger partial charge in [-0.1, -0.05) is 6.07 Å². The van der Waals surface area contributed by atoms with Gasteiger partial charge in [-0.3, -0.25) is 0 Å². The lowest BCUT2D eigenvalue weighted by Gasteiger charge is -2.09. The number of phenols is 1. The molecule has 0 aliphatic heterocycles. The molecule has 2 rings (SSSR count). The van der Waals surface area contributed by atoms with Gasteiger partial charge in [0.05, 0.1) is 5.56 Å². The molecule has 0 amide bonds. The van der Waals surface area contributed by atoms with Gasteiger partial charge < -0.3 is 5.11 Å². The Morgan fingerprint density at radius 3 is 1.68 bits per heavy atom. The Labute approximate surface area is 104 Å². The van der Waals surface area contributed by atoms with Crippen molar-refractivity contribution in [2.75, 3.05) is 0 Å². The van der Waals surface area contributed by atoms with Gasteiger partial charge in [0.25, 0.3) is 0 Å². The highest BCUT2D eigenvalue weighted by atomic mass is 19.2. The second-order valence-electron chi connectivity index (χ2n) is 4.00. The highest BCUT2D eigenvalue weighted by Crippen LogP contribution is 2.33. The summed E-state index contributed by atoms with van der Waals surface area (Å²) in [6.45, 7) is 1.51. The van der Waals surface area contributed by atoms with Gasteiger partial charge in [-0.15, -0.1) is 0 Å². The maximum absolute atomic E-state index is 13.5. The second-order valence-corrected chi connectivity index (χ2v) is 4.00. The molecule has 0 radical (unpaired) electrons. The summed E-state index contributed by atoms with van der Waals surface area (Å²) in [7, 11) is 0. The minimum absolute atomic E-state index is 0.287. The van der Waals surface area contributed by atoms with E-state index in [2.05, 4.69) is 0 Å². The predicted molar refractivity (Wildman–Crippen MR) is 58.1 cm³/mol. The lowest BCUT2D eigenvalue weighted by Crippen LogP contribution is -2.04. The van der Waals surface area contributed by atoms with Gasteiger partial charge in [0.1, 0.15) is 5.75 Å². The quantitative estimate of drug-likeness (QED) is 0.472. The predicted octanol–water partition coefficient (Wildman–Crippen LogP) is 4.06. The minimum atomic E-state index is -2.21. The van der Waals surface area contributed by atoms with Crippen LogP contribution in [0.4, 0.5) is 22.0 Å². The Morgan fingerprint density at radius 1 is 0.737 bits per heavy atom. The van der Waals surface area contributed by atoms with Gasteiger partial charge >= 0.3 is 0 Å². The van der Waals surface area contributed by atoms with E-state index in [1.54, 1.807) is 0 Å². The molecule has 0 aliphatic carbocycles. The second kappa shape index (κ2) is 4.53. The Bertz CT molecular complexity index is 617. The maximum atomic E-state index is 13.5. The standard InChI is InChI=1S/C13H7F5O/c1-5-2-6(4-7(19)3-5)8-9(14)11(16)13(18)12(17)10(8)15/h2-4,19H,1H3. The highest BCUT2D eigenvalue weighted by Gasteiger charge is 2.26. The molecular weight excluding hydrogens is 267 g/mol. The number of benzene rings is 2. The average Bonchev–Trinajstić information content (AvgIpc) is 2.33. The number of phenolic OH excluding ortho intramolecular Hbond substituents is 1. The molecule has 0 spiro atoms. The third kappa shape index (κ3) is 2.14. The largest absolute Gasteiger partial charge is 0.508 e. The molecule has 0 bridgehead atoms. The van der Waals surface area contributed by atoms with E-state index in [9.17, 15) is 27.1 Å². The Morgan fingerprint density at radius 2 is 1.21 bits per heavy atom. The topological polar surface area (TPSA) is 20.2 Å². The fraction of sp³-hybridized carbons (Fsp3) is 0.0769. The number of aromatic hydroxyl groups is 1. The molecule has 6 heteroatoms. The lowest BCUT2D eigenvalue weighted by molar-refractivity contribution is 0.381. The van der Waals surface area contributed by atoms with Crippen molar-refractivity contribution in [3.63, 3.8) is 0 Å².